The minimum absolute atomic E-state index is 0. The number of hydrogen-bond acceptors (Lipinski definition) is 2. The molecule has 2 aliphatic carbocycles. The van der Waals surface area contributed by atoms with E-state index in [1.807, 2.05) is 6.07 Å². The second-order valence-electron chi connectivity index (χ2n) is 7.12. The van der Waals surface area contributed by atoms with Crippen molar-refractivity contribution in [2.45, 2.75) is 25.7 Å². The Kier molecular flexibility index (Phi) is 4.82. The normalized spacial score (nSPS) is 23.7. The van der Waals surface area contributed by atoms with Gasteiger partial charge in [0.05, 0.1) is 0 Å². The third-order valence-electron chi connectivity index (χ3n) is 5.20. The van der Waals surface area contributed by atoms with E-state index >= 15 is 0 Å². The highest BCUT2D eigenvalue weighted by molar-refractivity contribution is 7.17. The van der Waals surface area contributed by atoms with Gasteiger partial charge in [-0.25, -0.2) is 4.39 Å². The van der Waals surface area contributed by atoms with Crippen molar-refractivity contribution in [3.05, 3.63) is 40.5 Å². The lowest BCUT2D eigenvalue weighted by Gasteiger charge is -2.28. The van der Waals surface area contributed by atoms with Gasteiger partial charge in [0.25, 0.3) is 0 Å². The number of fused-ring (bicyclic) bond motifs is 3. The zero-order valence-corrected chi connectivity index (χ0v) is 15.3. The molecule has 0 amide bonds. The Bertz CT molecular complexity index is 749. The summed E-state index contributed by atoms with van der Waals surface area (Å²) in [6.45, 7) is 1.06. The Morgan fingerprint density at radius 1 is 1.26 bits per heavy atom. The third kappa shape index (κ3) is 3.07. The molecule has 0 unspecified atom stereocenters. The van der Waals surface area contributed by atoms with Crippen molar-refractivity contribution in [2.24, 2.45) is 11.8 Å². The molecule has 0 saturated heterocycles. The van der Waals surface area contributed by atoms with Crippen LogP contribution >= 0.6 is 23.7 Å². The van der Waals surface area contributed by atoms with Crippen LogP contribution in [0.15, 0.2) is 29.2 Å². The molecule has 0 aliphatic heterocycles. The molecule has 1 saturated carbocycles. The molecule has 1 aromatic heterocycles. The minimum atomic E-state index is -0.132. The quantitative estimate of drug-likeness (QED) is 0.696. The van der Waals surface area contributed by atoms with Crippen molar-refractivity contribution in [2.75, 3.05) is 20.6 Å². The van der Waals surface area contributed by atoms with E-state index in [-0.39, 0.29) is 18.2 Å². The molecule has 124 valence electrons. The number of hydrogen-bond donors (Lipinski definition) is 0. The molecule has 4 heteroatoms. The minimum Gasteiger partial charge on any atom is -0.305 e. The molecule has 4 rings (SSSR count). The molecule has 0 radical (unpaired) electrons. The van der Waals surface area contributed by atoms with Gasteiger partial charge in [-0.3, -0.25) is 0 Å². The number of thiophene rings is 1. The fourth-order valence-corrected chi connectivity index (χ4v) is 5.41. The van der Waals surface area contributed by atoms with Crippen LogP contribution in [0.25, 0.3) is 15.7 Å². The summed E-state index contributed by atoms with van der Waals surface area (Å²) in [6, 6.07) is 5.25. The van der Waals surface area contributed by atoms with Gasteiger partial charge in [-0.05, 0) is 80.3 Å². The average Bonchev–Trinajstić information content (AvgIpc) is 3.03. The van der Waals surface area contributed by atoms with Crippen LogP contribution < -0.4 is 0 Å². The molecule has 1 nitrogen and oxygen atoms in total. The average molecular weight is 352 g/mol. The van der Waals surface area contributed by atoms with E-state index in [0.717, 1.165) is 23.1 Å². The van der Waals surface area contributed by atoms with Crippen LogP contribution in [0.2, 0.25) is 0 Å². The molecule has 2 aromatic rings. The molecule has 2 aliphatic rings. The summed E-state index contributed by atoms with van der Waals surface area (Å²) >= 11 is 1.68. The number of benzene rings is 1. The highest BCUT2D eigenvalue weighted by Gasteiger charge is 2.35. The van der Waals surface area contributed by atoms with Gasteiger partial charge in [-0.1, -0.05) is 11.6 Å². The van der Waals surface area contributed by atoms with E-state index in [9.17, 15) is 4.39 Å². The second-order valence-corrected chi connectivity index (χ2v) is 8.04. The monoisotopic (exact) mass is 351 g/mol. The maximum Gasteiger partial charge on any atom is 0.124 e. The van der Waals surface area contributed by atoms with Crippen molar-refractivity contribution in [1.29, 1.82) is 0 Å². The van der Waals surface area contributed by atoms with Crippen LogP contribution in [0.1, 0.15) is 31.2 Å². The highest BCUT2D eigenvalue weighted by Crippen LogP contribution is 2.51. The van der Waals surface area contributed by atoms with E-state index in [1.165, 1.54) is 36.6 Å². The van der Waals surface area contributed by atoms with Gasteiger partial charge >= 0.3 is 0 Å². The lowest BCUT2D eigenvalue weighted by atomic mass is 9.79. The Morgan fingerprint density at radius 3 is 2.87 bits per heavy atom. The van der Waals surface area contributed by atoms with Crippen molar-refractivity contribution in [3.63, 3.8) is 0 Å². The molecule has 23 heavy (non-hydrogen) atoms. The van der Waals surface area contributed by atoms with E-state index in [2.05, 4.69) is 24.4 Å². The van der Waals surface area contributed by atoms with Gasteiger partial charge < -0.3 is 4.90 Å². The summed E-state index contributed by atoms with van der Waals surface area (Å²) in [4.78, 5) is 2.29. The number of rotatable bonds is 3. The lowest BCUT2D eigenvalue weighted by molar-refractivity contribution is 0.413. The summed E-state index contributed by atoms with van der Waals surface area (Å²) in [5, 5.41) is 3.50. The van der Waals surface area contributed by atoms with Crippen molar-refractivity contribution >= 4 is 39.4 Å². The maximum absolute atomic E-state index is 13.5. The molecule has 1 aromatic carbocycles. The summed E-state index contributed by atoms with van der Waals surface area (Å²) in [6.07, 6.45) is 5.31. The summed E-state index contributed by atoms with van der Waals surface area (Å²) in [5.74, 6) is 1.48. The van der Waals surface area contributed by atoms with Gasteiger partial charge in [0.15, 0.2) is 0 Å². The third-order valence-corrected chi connectivity index (χ3v) is 6.15. The maximum atomic E-state index is 13.5. The zero-order chi connectivity index (χ0) is 15.3. The predicted octanol–water partition coefficient (Wildman–Crippen LogP) is 5.60. The standard InChI is InChI=1S/C19H22FNS.ClH/c1-21(2)10-14-8-12-3-4-13(7-12)19(14)17-11-22-18-9-15(20)5-6-16(17)18;/h5-6,9,11-13H,3-4,7-8,10H2,1-2H3;1H/t12-,13-;/m0./s1. The Hall–Kier alpha value is -0.900. The first kappa shape index (κ1) is 16.9. The molecule has 0 N–H and O–H groups in total. The zero-order valence-electron chi connectivity index (χ0n) is 13.6. The van der Waals surface area contributed by atoms with Crippen LogP contribution in [0.5, 0.6) is 0 Å². The first-order valence-corrected chi connectivity index (χ1v) is 9.03. The van der Waals surface area contributed by atoms with Gasteiger partial charge in [-0.15, -0.1) is 23.7 Å². The van der Waals surface area contributed by atoms with Crippen LogP contribution in [0, 0.1) is 17.7 Å². The Labute approximate surface area is 147 Å². The topological polar surface area (TPSA) is 3.24 Å². The second kappa shape index (κ2) is 6.54. The lowest BCUT2D eigenvalue weighted by Crippen LogP contribution is -2.21. The molecular formula is C19H23ClFNS. The summed E-state index contributed by atoms with van der Waals surface area (Å²) < 4.78 is 14.6. The van der Waals surface area contributed by atoms with Gasteiger partial charge in [0.1, 0.15) is 5.82 Å². The molecule has 2 atom stereocenters. The molecular weight excluding hydrogens is 329 g/mol. The highest BCUT2D eigenvalue weighted by atomic mass is 35.5. The van der Waals surface area contributed by atoms with E-state index in [4.69, 9.17) is 0 Å². The van der Waals surface area contributed by atoms with Gasteiger partial charge in [0.2, 0.25) is 0 Å². The van der Waals surface area contributed by atoms with E-state index < -0.39 is 0 Å². The van der Waals surface area contributed by atoms with Crippen molar-refractivity contribution < 1.29 is 4.39 Å². The van der Waals surface area contributed by atoms with Gasteiger partial charge in [-0.2, -0.15) is 0 Å². The SMILES string of the molecule is CN(C)CC1=C(c2csc3cc(F)ccc23)[C@H]2CC[C@H](C1)C2.Cl. The predicted molar refractivity (Wildman–Crippen MR) is 100.0 cm³/mol. The largest absolute Gasteiger partial charge is 0.305 e. The summed E-state index contributed by atoms with van der Waals surface area (Å²) in [5.41, 5.74) is 4.58. The van der Waals surface area contributed by atoms with E-state index in [1.54, 1.807) is 34.6 Å². The Morgan fingerprint density at radius 2 is 2.09 bits per heavy atom. The number of nitrogens with zero attached hydrogens (tertiary/aromatic N) is 1. The number of allylic oxidation sites excluding steroid dienone is 1. The molecule has 1 fully saturated rings. The molecule has 2 bridgehead atoms. The van der Waals surface area contributed by atoms with Crippen LogP contribution in [-0.4, -0.2) is 25.5 Å². The number of likely N-dealkylation sites (N-methyl/N-ethyl adjacent to an activating group) is 1. The van der Waals surface area contributed by atoms with Crippen molar-refractivity contribution in [1.82, 2.24) is 4.90 Å². The fourth-order valence-electron chi connectivity index (χ4n) is 4.42. The van der Waals surface area contributed by atoms with Gasteiger partial charge in [0, 0.05) is 16.6 Å². The fraction of sp³-hybridized carbons (Fsp3) is 0.474. The van der Waals surface area contributed by atoms with E-state index in [0.29, 0.717) is 0 Å². The Balaban J connectivity index is 0.00000156. The smallest absolute Gasteiger partial charge is 0.124 e. The first-order valence-electron chi connectivity index (χ1n) is 8.15. The van der Waals surface area contributed by atoms with Crippen molar-refractivity contribution in [3.8, 4) is 0 Å². The molecule has 0 spiro atoms. The molecule has 1 heterocycles. The first-order chi connectivity index (χ1) is 10.6. The summed E-state index contributed by atoms with van der Waals surface area (Å²) in [7, 11) is 4.31. The van der Waals surface area contributed by atoms with Crippen LogP contribution in [-0.2, 0) is 0 Å². The number of halogens is 2. The van der Waals surface area contributed by atoms with Crippen LogP contribution in [0.3, 0.4) is 0 Å². The van der Waals surface area contributed by atoms with Crippen LogP contribution in [0.4, 0.5) is 4.39 Å².